The Morgan fingerprint density at radius 3 is 2.11 bits per heavy atom. The van der Waals surface area contributed by atoms with Crippen LogP contribution in [0.1, 0.15) is 23.6 Å². The molecule has 1 aromatic heterocycles. The highest BCUT2D eigenvalue weighted by Crippen LogP contribution is 2.41. The van der Waals surface area contributed by atoms with Crippen LogP contribution in [0, 0.1) is 13.8 Å². The smallest absolute Gasteiger partial charge is 0.290 e. The van der Waals surface area contributed by atoms with Crippen LogP contribution in [0.2, 0.25) is 0 Å². The van der Waals surface area contributed by atoms with E-state index in [0.717, 1.165) is 28.5 Å². The van der Waals surface area contributed by atoms with Gasteiger partial charge < -0.3 is 32.8 Å². The van der Waals surface area contributed by atoms with Gasteiger partial charge in [-0.1, -0.05) is 6.07 Å². The van der Waals surface area contributed by atoms with Crippen molar-refractivity contribution in [3.63, 3.8) is 0 Å². The summed E-state index contributed by atoms with van der Waals surface area (Å²) in [7, 11) is 6.04. The van der Waals surface area contributed by atoms with Gasteiger partial charge in [0.25, 0.3) is 11.1 Å². The molecular weight excluding hydrogens is 614 g/mol. The van der Waals surface area contributed by atoms with Gasteiger partial charge in [0.15, 0.2) is 17.3 Å². The number of methoxy groups -OCH3 is 4. The summed E-state index contributed by atoms with van der Waals surface area (Å²) in [6, 6.07) is 12.2. The molecule has 0 bridgehead atoms. The fourth-order valence-electron chi connectivity index (χ4n) is 5.19. The molecule has 4 aromatic rings. The monoisotopic (exact) mass is 647 g/mol. The van der Waals surface area contributed by atoms with Crippen molar-refractivity contribution in [1.82, 2.24) is 5.32 Å². The van der Waals surface area contributed by atoms with Crippen LogP contribution in [0.5, 0.6) is 34.5 Å². The lowest BCUT2D eigenvalue weighted by molar-refractivity contribution is -0.115. The molecule has 0 unspecified atom stereocenters. The zero-order chi connectivity index (χ0) is 33.1. The lowest BCUT2D eigenvalue weighted by Gasteiger charge is -2.17. The standard InChI is InChI=1S/C34H33NO10S/c1-17-12-20(8-9-22(17)19(3)32-33(37)35-34(38)46-32)43-10-11-44-31-29(36)28-26(42-7)14-21(39-4)15-27(28)45-30(31)23-16-25(41-6)24(40-5)13-18(23)2/h8-9,12-16H,10-11H2,1-7H3,(H,35,37,38)/b32-19-. The SMILES string of the molecule is COc1cc(OC)c2c(=O)c(OCCOc3ccc(/C(C)=C4\SC(=O)NC4=O)c(C)c3)c(-c3cc(OC)c(OC)cc3C)oc2c1. The topological polar surface area (TPSA) is 132 Å². The van der Waals surface area contributed by atoms with Crippen molar-refractivity contribution in [2.75, 3.05) is 41.7 Å². The molecule has 0 saturated carbocycles. The second kappa shape index (κ2) is 13.5. The highest BCUT2D eigenvalue weighted by Gasteiger charge is 2.28. The minimum Gasteiger partial charge on any atom is -0.496 e. The molecule has 2 amide bonds. The number of carbonyl (C=O) groups excluding carboxylic acids is 2. The van der Waals surface area contributed by atoms with Crippen molar-refractivity contribution in [2.45, 2.75) is 20.8 Å². The second-order valence-electron chi connectivity index (χ2n) is 10.3. The van der Waals surface area contributed by atoms with Gasteiger partial charge >= 0.3 is 0 Å². The summed E-state index contributed by atoms with van der Waals surface area (Å²) in [6.07, 6.45) is 0. The van der Waals surface area contributed by atoms with E-state index in [1.54, 1.807) is 44.4 Å². The molecule has 11 nitrogen and oxygen atoms in total. The molecule has 2 heterocycles. The van der Waals surface area contributed by atoms with Gasteiger partial charge in [0.05, 0.1) is 33.3 Å². The Hall–Kier alpha value is -5.10. The lowest BCUT2D eigenvalue weighted by atomic mass is 10.0. The molecule has 0 spiro atoms. The van der Waals surface area contributed by atoms with Crippen LogP contribution in [0.25, 0.3) is 27.9 Å². The van der Waals surface area contributed by atoms with Gasteiger partial charge in [-0.25, -0.2) is 0 Å². The van der Waals surface area contributed by atoms with Crippen LogP contribution in [0.4, 0.5) is 4.79 Å². The third-order valence-electron chi connectivity index (χ3n) is 7.48. The Bertz CT molecular complexity index is 1950. The summed E-state index contributed by atoms with van der Waals surface area (Å²) in [5.41, 5.74) is 3.55. The van der Waals surface area contributed by atoms with Crippen molar-refractivity contribution in [1.29, 1.82) is 0 Å². The summed E-state index contributed by atoms with van der Waals surface area (Å²) in [5.74, 6) is 2.05. The molecule has 46 heavy (non-hydrogen) atoms. The first kappa shape index (κ1) is 32.3. The zero-order valence-electron chi connectivity index (χ0n) is 26.4. The van der Waals surface area contributed by atoms with Gasteiger partial charge in [-0.3, -0.25) is 19.7 Å². The van der Waals surface area contributed by atoms with E-state index >= 15 is 0 Å². The number of ether oxygens (including phenoxy) is 6. The van der Waals surface area contributed by atoms with E-state index in [0.29, 0.717) is 39.0 Å². The number of carbonyl (C=O) groups is 2. The van der Waals surface area contributed by atoms with Gasteiger partial charge in [-0.05, 0) is 79.1 Å². The second-order valence-corrected chi connectivity index (χ2v) is 11.3. The zero-order valence-corrected chi connectivity index (χ0v) is 27.3. The minimum atomic E-state index is -0.430. The first-order valence-electron chi connectivity index (χ1n) is 14.2. The molecule has 12 heteroatoms. The molecule has 1 aliphatic rings. The largest absolute Gasteiger partial charge is 0.496 e. The third kappa shape index (κ3) is 6.20. The maximum Gasteiger partial charge on any atom is 0.290 e. The number of imide groups is 1. The summed E-state index contributed by atoms with van der Waals surface area (Å²) in [6.45, 7) is 5.67. The molecule has 3 aromatic carbocycles. The van der Waals surface area contributed by atoms with Gasteiger partial charge in [-0.15, -0.1) is 0 Å². The lowest BCUT2D eigenvalue weighted by Crippen LogP contribution is -2.18. The van der Waals surface area contributed by atoms with Crippen molar-refractivity contribution in [3.05, 3.63) is 74.3 Å². The van der Waals surface area contributed by atoms with Crippen LogP contribution in [0.15, 0.2) is 56.6 Å². The molecule has 240 valence electrons. The van der Waals surface area contributed by atoms with Crippen LogP contribution in [-0.4, -0.2) is 52.8 Å². The first-order valence-corrected chi connectivity index (χ1v) is 15.0. The minimum absolute atomic E-state index is 0.0108. The van der Waals surface area contributed by atoms with Gasteiger partial charge in [0.1, 0.15) is 41.4 Å². The number of amides is 2. The average molecular weight is 648 g/mol. The predicted octanol–water partition coefficient (Wildman–Crippen LogP) is 6.28. The molecule has 1 fully saturated rings. The van der Waals surface area contributed by atoms with Gasteiger partial charge in [-0.2, -0.15) is 0 Å². The van der Waals surface area contributed by atoms with Crippen LogP contribution >= 0.6 is 11.8 Å². The van der Waals surface area contributed by atoms with E-state index < -0.39 is 11.3 Å². The molecule has 5 rings (SSSR count). The van der Waals surface area contributed by atoms with E-state index in [1.165, 1.54) is 21.3 Å². The average Bonchev–Trinajstić information content (AvgIpc) is 3.39. The number of aryl methyl sites for hydroxylation is 2. The maximum atomic E-state index is 14.0. The van der Waals surface area contributed by atoms with E-state index in [1.807, 2.05) is 26.0 Å². The van der Waals surface area contributed by atoms with Crippen molar-refractivity contribution >= 4 is 39.5 Å². The number of hydrogen-bond acceptors (Lipinski definition) is 11. The predicted molar refractivity (Wildman–Crippen MR) is 175 cm³/mol. The summed E-state index contributed by atoms with van der Waals surface area (Å²) >= 11 is 0.886. The van der Waals surface area contributed by atoms with Crippen molar-refractivity contribution < 1.29 is 42.4 Å². The van der Waals surface area contributed by atoms with Gasteiger partial charge in [0, 0.05) is 17.7 Å². The van der Waals surface area contributed by atoms with E-state index in [4.69, 9.17) is 32.8 Å². The van der Waals surface area contributed by atoms with Crippen LogP contribution < -0.4 is 39.2 Å². The summed E-state index contributed by atoms with van der Waals surface area (Å²) < 4.78 is 40.3. The van der Waals surface area contributed by atoms with E-state index in [-0.39, 0.29) is 46.7 Å². The number of fused-ring (bicyclic) bond motifs is 1. The fourth-order valence-corrected chi connectivity index (χ4v) is 5.92. The van der Waals surface area contributed by atoms with E-state index in [2.05, 4.69) is 5.32 Å². The quantitative estimate of drug-likeness (QED) is 0.146. The number of nitrogens with one attached hydrogen (secondary N) is 1. The molecule has 0 aliphatic carbocycles. The molecule has 0 atom stereocenters. The molecule has 1 saturated heterocycles. The molecule has 1 N–H and O–H groups in total. The number of hydrogen-bond donors (Lipinski definition) is 1. The summed E-state index contributed by atoms with van der Waals surface area (Å²) in [5, 5.41) is 2.10. The van der Waals surface area contributed by atoms with Crippen LogP contribution in [-0.2, 0) is 4.79 Å². The Balaban J connectivity index is 1.46. The van der Waals surface area contributed by atoms with Crippen LogP contribution in [0.3, 0.4) is 0 Å². The van der Waals surface area contributed by atoms with Gasteiger partial charge in [0.2, 0.25) is 11.2 Å². The molecule has 1 aliphatic heterocycles. The summed E-state index contributed by atoms with van der Waals surface area (Å²) in [4.78, 5) is 38.1. The Morgan fingerprint density at radius 1 is 0.783 bits per heavy atom. The number of benzene rings is 3. The molecular formula is C34H33NO10S. The van der Waals surface area contributed by atoms with E-state index in [9.17, 15) is 14.4 Å². The Morgan fingerprint density at radius 2 is 1.48 bits per heavy atom. The number of allylic oxidation sites excluding steroid dienone is 1. The highest BCUT2D eigenvalue weighted by molar-refractivity contribution is 8.18. The normalized spacial score (nSPS) is 13.8. The first-order chi connectivity index (χ1) is 22.1. The number of thioether (sulfide) groups is 1. The van der Waals surface area contributed by atoms with Crippen molar-refractivity contribution in [3.8, 4) is 45.8 Å². The third-order valence-corrected chi connectivity index (χ3v) is 8.46. The number of rotatable bonds is 11. The highest BCUT2D eigenvalue weighted by atomic mass is 32.2. The molecule has 0 radical (unpaired) electrons. The Labute approximate surface area is 269 Å². The Kier molecular flexibility index (Phi) is 9.47. The van der Waals surface area contributed by atoms with Crippen molar-refractivity contribution in [2.24, 2.45) is 0 Å². The fraction of sp³-hybridized carbons (Fsp3) is 0.265. The maximum absolute atomic E-state index is 14.0.